The van der Waals surface area contributed by atoms with Crippen LogP contribution in [0.25, 0.3) is 11.2 Å². The van der Waals surface area contributed by atoms with E-state index in [9.17, 15) is 28.7 Å². The molecule has 6 atom stereocenters. The van der Waals surface area contributed by atoms with Crippen molar-refractivity contribution in [1.29, 1.82) is 0 Å². The quantitative estimate of drug-likeness (QED) is 0.0789. The number of nitroso groups, excluding NO2 is 1. The number of aromatic nitrogens is 5. The normalized spacial score (nSPS) is 25.4. The molecule has 0 bridgehead atoms. The zero-order valence-electron chi connectivity index (χ0n) is 22.3. The second-order valence-corrected chi connectivity index (χ2v) is 11.0. The van der Waals surface area contributed by atoms with Crippen LogP contribution in [0.2, 0.25) is 0 Å². The number of halogens is 2. The van der Waals surface area contributed by atoms with E-state index in [1.54, 1.807) is 0 Å². The molecule has 0 aliphatic heterocycles. The molecule has 1 aromatic carbocycles. The van der Waals surface area contributed by atoms with E-state index < -0.39 is 48.0 Å². The lowest BCUT2D eigenvalue weighted by Gasteiger charge is -2.18. The van der Waals surface area contributed by atoms with Gasteiger partial charge in [0.25, 0.3) is 0 Å². The Kier molecular flexibility index (Phi) is 8.72. The molecule has 2 aromatic heterocycles. The summed E-state index contributed by atoms with van der Waals surface area (Å²) in [4.78, 5) is 32.2. The number of fused-ring (bicyclic) bond motifs is 1. The van der Waals surface area contributed by atoms with Crippen molar-refractivity contribution >= 4 is 34.7 Å². The number of carbonyl (C=O) groups excluding carboxylic acids is 1. The van der Waals surface area contributed by atoms with Crippen LogP contribution in [-0.4, -0.2) is 84.5 Å². The van der Waals surface area contributed by atoms with Crippen LogP contribution in [0.1, 0.15) is 50.6 Å². The highest BCUT2D eigenvalue weighted by molar-refractivity contribution is 7.99. The van der Waals surface area contributed by atoms with E-state index in [4.69, 9.17) is 9.47 Å². The van der Waals surface area contributed by atoms with Crippen molar-refractivity contribution < 1.29 is 33.3 Å². The number of ether oxygens (including phenoxy) is 2. The highest BCUT2D eigenvalue weighted by atomic mass is 32.2. The second-order valence-electron chi connectivity index (χ2n) is 9.93. The Balaban J connectivity index is 1.44. The largest absolute Gasteiger partial charge is 0.463 e. The van der Waals surface area contributed by atoms with E-state index in [2.05, 4.69) is 25.6 Å². The predicted molar refractivity (Wildman–Crippen MR) is 142 cm³/mol. The molecule has 13 nitrogen and oxygen atoms in total. The third-order valence-electron chi connectivity index (χ3n) is 7.10. The van der Waals surface area contributed by atoms with Crippen LogP contribution in [0.5, 0.6) is 0 Å². The summed E-state index contributed by atoms with van der Waals surface area (Å²) in [7, 11) is 0. The Bertz CT molecular complexity index is 1430. The van der Waals surface area contributed by atoms with Crippen molar-refractivity contribution in [2.24, 2.45) is 5.29 Å². The Morgan fingerprint density at radius 2 is 2.00 bits per heavy atom. The van der Waals surface area contributed by atoms with E-state index in [1.165, 1.54) is 29.4 Å². The summed E-state index contributed by atoms with van der Waals surface area (Å²) in [5.74, 6) is -1.89. The first-order valence-corrected chi connectivity index (χ1v) is 14.2. The maximum absolute atomic E-state index is 13.9. The molecule has 2 heterocycles. The van der Waals surface area contributed by atoms with Crippen molar-refractivity contribution in [3.8, 4) is 0 Å². The van der Waals surface area contributed by atoms with Gasteiger partial charge in [0.05, 0.1) is 30.1 Å². The van der Waals surface area contributed by atoms with Gasteiger partial charge < -0.3 is 19.7 Å². The van der Waals surface area contributed by atoms with E-state index in [0.29, 0.717) is 22.9 Å². The fourth-order valence-electron chi connectivity index (χ4n) is 5.01. The van der Waals surface area contributed by atoms with Crippen LogP contribution in [0, 0.1) is 16.5 Å². The van der Waals surface area contributed by atoms with E-state index in [0.717, 1.165) is 23.6 Å². The fourth-order valence-corrected chi connectivity index (χ4v) is 5.70. The molecule has 2 fully saturated rings. The number of nitrogens with zero attached hydrogens (tertiary/aromatic N) is 7. The Labute approximate surface area is 237 Å². The molecule has 220 valence electrons. The molecule has 0 amide bonds. The van der Waals surface area contributed by atoms with Gasteiger partial charge in [0, 0.05) is 25.0 Å². The molecule has 6 unspecified atom stereocenters. The molecule has 16 heteroatoms. The summed E-state index contributed by atoms with van der Waals surface area (Å²) in [5.41, 5.74) is 0.909. The highest BCUT2D eigenvalue weighted by Crippen LogP contribution is 2.47. The van der Waals surface area contributed by atoms with Gasteiger partial charge in [-0.1, -0.05) is 30.0 Å². The van der Waals surface area contributed by atoms with Crippen LogP contribution in [0.3, 0.4) is 0 Å². The van der Waals surface area contributed by atoms with Gasteiger partial charge in [-0.25, -0.2) is 28.4 Å². The van der Waals surface area contributed by atoms with Crippen LogP contribution < -0.4 is 5.01 Å². The average molecular weight is 594 g/mol. The first-order valence-electron chi connectivity index (χ1n) is 13.2. The third-order valence-corrected chi connectivity index (χ3v) is 8.15. The summed E-state index contributed by atoms with van der Waals surface area (Å²) in [6.45, 7) is 3.30. The molecule has 0 saturated heterocycles. The van der Waals surface area contributed by atoms with Crippen LogP contribution in [-0.2, 0) is 14.3 Å². The zero-order chi connectivity index (χ0) is 29.3. The number of esters is 1. The van der Waals surface area contributed by atoms with Crippen molar-refractivity contribution in [1.82, 2.24) is 25.0 Å². The number of anilines is 1. The lowest BCUT2D eigenvalue weighted by atomic mass is 10.1. The SMILES string of the molecule is CCCSc1nc(N(N=O)C2CC2c2ccc(F)c(F)c2)c2nnn(C3CC(OCCOC(C)=O)C(O)C3O)c2n1. The summed E-state index contributed by atoms with van der Waals surface area (Å²) in [5, 5.41) is 34.6. The number of carbonyl (C=O) groups is 1. The number of rotatable bonds is 12. The predicted octanol–water partition coefficient (Wildman–Crippen LogP) is 2.66. The van der Waals surface area contributed by atoms with Gasteiger partial charge in [0.1, 0.15) is 18.8 Å². The van der Waals surface area contributed by atoms with Crippen molar-refractivity contribution in [3.05, 3.63) is 40.3 Å². The first-order chi connectivity index (χ1) is 19.7. The monoisotopic (exact) mass is 593 g/mol. The van der Waals surface area contributed by atoms with Gasteiger partial charge >= 0.3 is 5.97 Å². The first kappa shape index (κ1) is 29.2. The maximum Gasteiger partial charge on any atom is 0.302 e. The van der Waals surface area contributed by atoms with Gasteiger partial charge in [-0.15, -0.1) is 10.0 Å². The molecule has 2 aliphatic carbocycles. The lowest BCUT2D eigenvalue weighted by molar-refractivity contribution is -0.144. The molecular formula is C25H29F2N7O6S. The second kappa shape index (κ2) is 12.3. The fraction of sp³-hybridized carbons (Fsp3) is 0.560. The van der Waals surface area contributed by atoms with Crippen LogP contribution in [0.15, 0.2) is 28.6 Å². The number of hydrogen-bond donors (Lipinski definition) is 2. The Morgan fingerprint density at radius 3 is 2.71 bits per heavy atom. The Hall–Kier alpha value is -3.34. The topological polar surface area (TPSA) is 165 Å². The van der Waals surface area contributed by atoms with Crippen LogP contribution in [0.4, 0.5) is 14.6 Å². The minimum Gasteiger partial charge on any atom is -0.463 e. The molecule has 2 saturated carbocycles. The molecule has 3 aromatic rings. The summed E-state index contributed by atoms with van der Waals surface area (Å²) < 4.78 is 39.2. The summed E-state index contributed by atoms with van der Waals surface area (Å²) in [6.07, 6.45) is -1.85. The number of aliphatic hydroxyl groups excluding tert-OH is 2. The summed E-state index contributed by atoms with van der Waals surface area (Å²) in [6, 6.07) is 2.38. The maximum atomic E-state index is 13.9. The molecule has 2 aliphatic rings. The standard InChI is InChI=1S/C25H29F2N7O6S/c1-3-8-41-25-28-23-20(24(29-25)34(32-38)17-10-14(17)13-4-5-15(26)16(27)9-13)30-31-33(23)18-11-19(22(37)21(18)36)40-7-6-39-12(2)35/h4-5,9,14,17-19,21-22,36-37H,3,6-8,10-11H2,1-2H3. The highest BCUT2D eigenvalue weighted by Gasteiger charge is 2.47. The van der Waals surface area contributed by atoms with Gasteiger partial charge in [0.2, 0.25) is 0 Å². The van der Waals surface area contributed by atoms with Crippen molar-refractivity contribution in [2.75, 3.05) is 24.0 Å². The molecule has 0 spiro atoms. The minimum atomic E-state index is -1.27. The molecule has 2 N–H and O–H groups in total. The number of hydrogen-bond acceptors (Lipinski definition) is 12. The molecule has 41 heavy (non-hydrogen) atoms. The van der Waals surface area contributed by atoms with Crippen molar-refractivity contribution in [3.63, 3.8) is 0 Å². The average Bonchev–Trinajstić information content (AvgIpc) is 3.54. The van der Waals surface area contributed by atoms with E-state index in [-0.39, 0.29) is 42.5 Å². The van der Waals surface area contributed by atoms with E-state index >= 15 is 0 Å². The zero-order valence-corrected chi connectivity index (χ0v) is 23.1. The van der Waals surface area contributed by atoms with E-state index in [1.807, 2.05) is 6.92 Å². The van der Waals surface area contributed by atoms with Gasteiger partial charge in [-0.05, 0) is 30.5 Å². The molecular weight excluding hydrogens is 564 g/mol. The number of benzene rings is 1. The Morgan fingerprint density at radius 1 is 1.20 bits per heavy atom. The smallest absolute Gasteiger partial charge is 0.302 e. The van der Waals surface area contributed by atoms with Crippen LogP contribution >= 0.6 is 11.8 Å². The summed E-state index contributed by atoms with van der Waals surface area (Å²) >= 11 is 1.35. The minimum absolute atomic E-state index is 0.00141. The lowest BCUT2D eigenvalue weighted by Crippen LogP contribution is -2.33. The number of aliphatic hydroxyl groups is 2. The van der Waals surface area contributed by atoms with Gasteiger partial charge in [0.15, 0.2) is 33.8 Å². The molecule has 5 rings (SSSR count). The van der Waals surface area contributed by atoms with Gasteiger partial charge in [-0.3, -0.25) is 4.79 Å². The van der Waals surface area contributed by atoms with Gasteiger partial charge in [-0.2, -0.15) is 0 Å². The number of thioether (sulfide) groups is 1. The third kappa shape index (κ3) is 6.00. The molecule has 0 radical (unpaired) electrons. The van der Waals surface area contributed by atoms with Crippen molar-refractivity contribution in [2.45, 2.75) is 74.6 Å².